The van der Waals surface area contributed by atoms with Gasteiger partial charge >= 0.3 is 6.18 Å². The molecule has 0 atom stereocenters. The molecule has 0 aliphatic carbocycles. The molecule has 0 aliphatic heterocycles. The number of aryl methyl sites for hydroxylation is 1. The van der Waals surface area contributed by atoms with Crippen molar-refractivity contribution in [2.45, 2.75) is 45.2 Å². The molecule has 7 heteroatoms. The number of nitrogens with zero attached hydrogens (tertiary/aromatic N) is 2. The Kier molecular flexibility index (Phi) is 6.67. The Bertz CT molecular complexity index is 925. The summed E-state index contributed by atoms with van der Waals surface area (Å²) in [5.41, 5.74) is 0.555. The highest BCUT2D eigenvalue weighted by molar-refractivity contribution is 7.12. The Morgan fingerprint density at radius 2 is 1.89 bits per heavy atom. The van der Waals surface area contributed by atoms with Crippen molar-refractivity contribution in [3.8, 4) is 11.4 Å². The van der Waals surface area contributed by atoms with E-state index >= 15 is 0 Å². The molecule has 0 aromatic carbocycles. The van der Waals surface area contributed by atoms with Gasteiger partial charge in [0.05, 0.1) is 5.69 Å². The molecule has 0 spiro atoms. The molecule has 0 aliphatic rings. The fraction of sp³-hybridized carbons (Fsp3) is 0.333. The van der Waals surface area contributed by atoms with Crippen LogP contribution in [0.3, 0.4) is 0 Å². The average Bonchev–Trinajstić information content (AvgIpc) is 3.33. The molecule has 0 unspecified atom stereocenters. The first-order valence-electron chi connectivity index (χ1n) is 9.31. The van der Waals surface area contributed by atoms with Crippen LogP contribution in [-0.2, 0) is 12.6 Å². The van der Waals surface area contributed by atoms with Crippen molar-refractivity contribution in [1.29, 1.82) is 0 Å². The summed E-state index contributed by atoms with van der Waals surface area (Å²) in [5, 5.41) is 5.75. The van der Waals surface area contributed by atoms with Crippen molar-refractivity contribution in [3.63, 3.8) is 0 Å². The summed E-state index contributed by atoms with van der Waals surface area (Å²) in [6.45, 7) is 2.21. The van der Waals surface area contributed by atoms with Gasteiger partial charge in [-0.05, 0) is 54.8 Å². The zero-order chi connectivity index (χ0) is 20.0. The first kappa shape index (κ1) is 20.3. The lowest BCUT2D eigenvalue weighted by Crippen LogP contribution is -2.04. The van der Waals surface area contributed by atoms with Crippen LogP contribution in [0.4, 0.5) is 13.2 Å². The maximum Gasteiger partial charge on any atom is 0.432 e. The summed E-state index contributed by atoms with van der Waals surface area (Å²) in [6, 6.07) is 8.78. The van der Waals surface area contributed by atoms with Gasteiger partial charge in [-0.2, -0.15) is 18.3 Å². The summed E-state index contributed by atoms with van der Waals surface area (Å²) in [6.07, 6.45) is 7.20. The molecule has 0 bridgehead atoms. The van der Waals surface area contributed by atoms with Crippen LogP contribution in [0.15, 0.2) is 36.5 Å². The maximum atomic E-state index is 12.7. The number of aromatic nitrogens is 3. The van der Waals surface area contributed by atoms with E-state index < -0.39 is 11.9 Å². The number of hydrogen-bond donors (Lipinski definition) is 1. The number of H-pyrrole nitrogens is 1. The molecule has 0 amide bonds. The Morgan fingerprint density at radius 3 is 2.64 bits per heavy atom. The highest BCUT2D eigenvalue weighted by Crippen LogP contribution is 2.30. The van der Waals surface area contributed by atoms with Gasteiger partial charge in [0.25, 0.3) is 0 Å². The third-order valence-electron chi connectivity index (χ3n) is 4.33. The van der Waals surface area contributed by atoms with Crippen LogP contribution in [0.25, 0.3) is 23.5 Å². The summed E-state index contributed by atoms with van der Waals surface area (Å²) >= 11 is 1.77. The van der Waals surface area contributed by atoms with E-state index in [0.717, 1.165) is 22.9 Å². The third-order valence-corrected chi connectivity index (χ3v) is 5.44. The van der Waals surface area contributed by atoms with E-state index in [1.807, 2.05) is 23.3 Å². The van der Waals surface area contributed by atoms with Gasteiger partial charge in [0.2, 0.25) is 0 Å². The molecule has 3 aromatic rings. The monoisotopic (exact) mass is 405 g/mol. The second-order valence-electron chi connectivity index (χ2n) is 6.59. The Balaban J connectivity index is 1.66. The zero-order valence-corrected chi connectivity index (χ0v) is 16.4. The molecule has 0 fully saturated rings. The van der Waals surface area contributed by atoms with Crippen molar-refractivity contribution < 1.29 is 13.2 Å². The highest BCUT2D eigenvalue weighted by Gasteiger charge is 2.33. The van der Waals surface area contributed by atoms with Crippen molar-refractivity contribution in [1.82, 2.24) is 15.2 Å². The largest absolute Gasteiger partial charge is 0.432 e. The molecule has 28 heavy (non-hydrogen) atoms. The van der Waals surface area contributed by atoms with E-state index in [9.17, 15) is 13.2 Å². The maximum absolute atomic E-state index is 12.7. The molecule has 0 saturated heterocycles. The molecule has 0 saturated carbocycles. The number of hydrogen-bond acceptors (Lipinski definition) is 3. The molecule has 3 rings (SSSR count). The quantitative estimate of drug-likeness (QED) is 0.417. The topological polar surface area (TPSA) is 41.6 Å². The van der Waals surface area contributed by atoms with E-state index in [-0.39, 0.29) is 5.69 Å². The Labute approximate surface area is 166 Å². The number of nitrogens with one attached hydrogen (secondary N) is 1. The smallest absolute Gasteiger partial charge is 0.273 e. The van der Waals surface area contributed by atoms with Crippen LogP contribution in [0.1, 0.15) is 53.6 Å². The minimum atomic E-state index is -4.45. The Hall–Kier alpha value is -2.41. The van der Waals surface area contributed by atoms with E-state index in [1.54, 1.807) is 23.6 Å². The number of halogens is 3. The Morgan fingerprint density at radius 1 is 1.04 bits per heavy atom. The second kappa shape index (κ2) is 9.19. The van der Waals surface area contributed by atoms with Crippen molar-refractivity contribution >= 4 is 23.5 Å². The van der Waals surface area contributed by atoms with Crippen LogP contribution >= 0.6 is 11.3 Å². The van der Waals surface area contributed by atoms with Gasteiger partial charge in [-0.3, -0.25) is 10.1 Å². The van der Waals surface area contributed by atoms with Crippen LogP contribution < -0.4 is 0 Å². The lowest BCUT2D eigenvalue weighted by molar-refractivity contribution is -0.141. The minimum absolute atomic E-state index is 0.174. The van der Waals surface area contributed by atoms with E-state index in [0.29, 0.717) is 5.69 Å². The standard InChI is InChI=1S/C21H22F3N3S/c1-2-3-4-5-6-16-9-10-17(28-16)8-7-15-11-12-25-18(13-15)19-14-20(27-26-19)21(22,23)24/h7-14H,2-6H2,1H3,(H,26,27)/b8-7+. The van der Waals surface area contributed by atoms with Gasteiger partial charge in [0.1, 0.15) is 11.4 Å². The van der Waals surface area contributed by atoms with Gasteiger partial charge in [-0.15, -0.1) is 11.3 Å². The van der Waals surface area contributed by atoms with Gasteiger partial charge in [0, 0.05) is 16.0 Å². The fourth-order valence-electron chi connectivity index (χ4n) is 2.81. The third kappa shape index (κ3) is 5.55. The SMILES string of the molecule is CCCCCCc1ccc(/C=C/c2ccnc(-c3cc(C(F)(F)F)[nH]n3)c2)s1. The van der Waals surface area contributed by atoms with E-state index in [2.05, 4.69) is 29.1 Å². The van der Waals surface area contributed by atoms with Gasteiger partial charge < -0.3 is 0 Å². The molecule has 3 aromatic heterocycles. The lowest BCUT2D eigenvalue weighted by Gasteiger charge is -2.00. The normalized spacial score (nSPS) is 12.1. The van der Waals surface area contributed by atoms with Crippen LogP contribution in [-0.4, -0.2) is 15.2 Å². The van der Waals surface area contributed by atoms with Gasteiger partial charge in [-0.25, -0.2) is 0 Å². The predicted octanol–water partition coefficient (Wildman–Crippen LogP) is 6.85. The summed E-state index contributed by atoms with van der Waals surface area (Å²) in [4.78, 5) is 6.66. The van der Waals surface area contributed by atoms with Gasteiger partial charge in [0.15, 0.2) is 0 Å². The van der Waals surface area contributed by atoms with Crippen LogP contribution in [0.2, 0.25) is 0 Å². The summed E-state index contributed by atoms with van der Waals surface area (Å²) in [5.74, 6) is 0. The van der Waals surface area contributed by atoms with Crippen LogP contribution in [0.5, 0.6) is 0 Å². The fourth-order valence-corrected chi connectivity index (χ4v) is 3.77. The molecule has 1 N–H and O–H groups in total. The number of thiophene rings is 1. The van der Waals surface area contributed by atoms with Crippen molar-refractivity contribution in [3.05, 3.63) is 57.5 Å². The second-order valence-corrected chi connectivity index (χ2v) is 7.79. The zero-order valence-electron chi connectivity index (χ0n) is 15.6. The molecule has 148 valence electrons. The minimum Gasteiger partial charge on any atom is -0.273 e. The van der Waals surface area contributed by atoms with Gasteiger partial charge in [-0.1, -0.05) is 32.3 Å². The lowest BCUT2D eigenvalue weighted by atomic mass is 10.1. The number of alkyl halides is 3. The molecular weight excluding hydrogens is 383 g/mol. The highest BCUT2D eigenvalue weighted by atomic mass is 32.1. The summed E-state index contributed by atoms with van der Waals surface area (Å²) in [7, 11) is 0. The van der Waals surface area contributed by atoms with Crippen LogP contribution in [0, 0.1) is 0 Å². The number of unbranched alkanes of at least 4 members (excludes halogenated alkanes) is 3. The molecular formula is C21H22F3N3S. The summed E-state index contributed by atoms with van der Waals surface area (Å²) < 4.78 is 38.2. The number of pyridine rings is 1. The number of rotatable bonds is 8. The first-order valence-corrected chi connectivity index (χ1v) is 10.1. The molecule has 3 heterocycles. The predicted molar refractivity (Wildman–Crippen MR) is 108 cm³/mol. The number of aromatic amines is 1. The van der Waals surface area contributed by atoms with E-state index in [1.165, 1.54) is 30.6 Å². The van der Waals surface area contributed by atoms with Crippen molar-refractivity contribution in [2.75, 3.05) is 0 Å². The first-order chi connectivity index (χ1) is 13.5. The van der Waals surface area contributed by atoms with Crippen molar-refractivity contribution in [2.24, 2.45) is 0 Å². The molecule has 3 nitrogen and oxygen atoms in total. The van der Waals surface area contributed by atoms with E-state index in [4.69, 9.17) is 0 Å². The molecule has 0 radical (unpaired) electrons. The average molecular weight is 405 g/mol.